The zero-order valence-electron chi connectivity index (χ0n) is 9.04. The maximum absolute atomic E-state index is 12.0. The number of carbonyl (C=O) groups excluding carboxylic acids is 1. The second-order valence-electron chi connectivity index (χ2n) is 6.34. The molecule has 0 heterocycles. The molecule has 4 aliphatic carbocycles. The molecule has 82 valence electrons. The van der Waals surface area contributed by atoms with Crippen LogP contribution in [0.15, 0.2) is 0 Å². The lowest BCUT2D eigenvalue weighted by Gasteiger charge is -2.22. The lowest BCUT2D eigenvalue weighted by molar-refractivity contribution is -0.124. The predicted octanol–water partition coefficient (Wildman–Crippen LogP) is 1.76. The molecule has 1 spiro atoms. The molecular formula is C13H18O2. The summed E-state index contributed by atoms with van der Waals surface area (Å²) in [6.07, 6.45) is 6.69. The number of rotatable bonds is 1. The van der Waals surface area contributed by atoms with E-state index < -0.39 is 0 Å². The zero-order chi connectivity index (χ0) is 10.3. The van der Waals surface area contributed by atoms with Crippen molar-refractivity contribution in [2.24, 2.45) is 28.6 Å². The molecule has 15 heavy (non-hydrogen) atoms. The Bertz CT molecular complexity index is 350. The van der Waals surface area contributed by atoms with E-state index in [-0.39, 0.29) is 5.41 Å². The molecule has 4 aliphatic rings. The van der Waals surface area contributed by atoms with Crippen molar-refractivity contribution in [1.29, 1.82) is 0 Å². The van der Waals surface area contributed by atoms with Crippen molar-refractivity contribution < 1.29 is 9.90 Å². The number of ketones is 1. The molecule has 2 bridgehead atoms. The molecule has 2 nitrogen and oxygen atoms in total. The highest BCUT2D eigenvalue weighted by atomic mass is 16.3. The maximum Gasteiger partial charge on any atom is 0.136 e. The molecular weight excluding hydrogens is 188 g/mol. The van der Waals surface area contributed by atoms with Crippen LogP contribution in [0.3, 0.4) is 0 Å². The molecule has 5 atom stereocenters. The van der Waals surface area contributed by atoms with Gasteiger partial charge in [0.15, 0.2) is 0 Å². The molecule has 0 amide bonds. The largest absolute Gasteiger partial charge is 0.396 e. The van der Waals surface area contributed by atoms with Gasteiger partial charge in [-0.1, -0.05) is 0 Å². The first-order valence-corrected chi connectivity index (χ1v) is 6.37. The number of hydrogen-bond acceptors (Lipinski definition) is 2. The molecule has 0 aromatic carbocycles. The molecule has 0 aromatic rings. The summed E-state index contributed by atoms with van der Waals surface area (Å²) in [7, 11) is 0. The molecule has 4 saturated carbocycles. The van der Waals surface area contributed by atoms with E-state index in [0.29, 0.717) is 35.6 Å². The minimum absolute atomic E-state index is 0.271. The van der Waals surface area contributed by atoms with Crippen molar-refractivity contribution in [3.05, 3.63) is 0 Å². The standard InChI is InChI=1S/C13H18O2/c14-7-13-6-12(13)4-3-9-10(12)5-8(13)1-2-11(9)15/h8-10,14H,1-7H2/t8-,9+,10+,12+,13+/m0/s1. The van der Waals surface area contributed by atoms with E-state index in [1.165, 1.54) is 19.3 Å². The Balaban J connectivity index is 1.83. The van der Waals surface area contributed by atoms with E-state index in [4.69, 9.17) is 0 Å². The number of hydrogen-bond donors (Lipinski definition) is 1. The highest BCUT2D eigenvalue weighted by Crippen LogP contribution is 2.84. The molecule has 2 heteroatoms. The number of fused-ring (bicyclic) bond motifs is 2. The highest BCUT2D eigenvalue weighted by molar-refractivity contribution is 5.82. The van der Waals surface area contributed by atoms with E-state index in [1.54, 1.807) is 0 Å². The molecule has 0 unspecified atom stereocenters. The summed E-state index contributed by atoms with van der Waals surface area (Å²) in [5, 5.41) is 9.70. The van der Waals surface area contributed by atoms with Crippen LogP contribution in [0.5, 0.6) is 0 Å². The molecule has 4 rings (SSSR count). The molecule has 0 aliphatic heterocycles. The van der Waals surface area contributed by atoms with Crippen molar-refractivity contribution in [2.45, 2.75) is 38.5 Å². The van der Waals surface area contributed by atoms with Crippen LogP contribution in [0.1, 0.15) is 38.5 Å². The van der Waals surface area contributed by atoms with Crippen LogP contribution in [0.4, 0.5) is 0 Å². The summed E-state index contributed by atoms with van der Waals surface area (Å²) in [5.41, 5.74) is 0.695. The van der Waals surface area contributed by atoms with Gasteiger partial charge in [-0.15, -0.1) is 0 Å². The van der Waals surface area contributed by atoms with Crippen LogP contribution >= 0.6 is 0 Å². The Kier molecular flexibility index (Phi) is 1.35. The van der Waals surface area contributed by atoms with E-state index in [9.17, 15) is 9.90 Å². The van der Waals surface area contributed by atoms with Crippen LogP contribution in [-0.2, 0) is 4.79 Å². The van der Waals surface area contributed by atoms with Crippen LogP contribution in [0.2, 0.25) is 0 Å². The van der Waals surface area contributed by atoms with E-state index in [2.05, 4.69) is 0 Å². The average molecular weight is 206 g/mol. The van der Waals surface area contributed by atoms with Gasteiger partial charge in [0.05, 0.1) is 0 Å². The third kappa shape index (κ3) is 0.719. The summed E-state index contributed by atoms with van der Waals surface area (Å²) >= 11 is 0. The molecule has 0 saturated heterocycles. The minimum Gasteiger partial charge on any atom is -0.396 e. The Hall–Kier alpha value is -0.370. The fraction of sp³-hybridized carbons (Fsp3) is 0.923. The lowest BCUT2D eigenvalue weighted by atomic mass is 9.83. The summed E-state index contributed by atoms with van der Waals surface area (Å²) in [5.74, 6) is 2.25. The van der Waals surface area contributed by atoms with Crippen molar-refractivity contribution in [1.82, 2.24) is 0 Å². The Labute approximate surface area is 90.1 Å². The van der Waals surface area contributed by atoms with Gasteiger partial charge in [0.2, 0.25) is 0 Å². The fourth-order valence-electron chi connectivity index (χ4n) is 5.64. The van der Waals surface area contributed by atoms with Gasteiger partial charge in [0.1, 0.15) is 5.78 Å². The summed E-state index contributed by atoms with van der Waals surface area (Å²) in [6, 6.07) is 0. The first kappa shape index (κ1) is 8.74. The average Bonchev–Trinajstić information content (AvgIpc) is 2.68. The highest BCUT2D eigenvalue weighted by Gasteiger charge is 2.80. The van der Waals surface area contributed by atoms with Gasteiger partial charge in [-0.25, -0.2) is 0 Å². The van der Waals surface area contributed by atoms with E-state index in [1.807, 2.05) is 0 Å². The van der Waals surface area contributed by atoms with E-state index >= 15 is 0 Å². The first-order valence-electron chi connectivity index (χ1n) is 6.37. The van der Waals surface area contributed by atoms with Gasteiger partial charge in [-0.2, -0.15) is 0 Å². The van der Waals surface area contributed by atoms with Crippen LogP contribution < -0.4 is 0 Å². The Morgan fingerprint density at radius 1 is 1.40 bits per heavy atom. The van der Waals surface area contributed by atoms with Crippen molar-refractivity contribution in [2.75, 3.05) is 6.61 Å². The Morgan fingerprint density at radius 2 is 2.27 bits per heavy atom. The van der Waals surface area contributed by atoms with Gasteiger partial charge < -0.3 is 5.11 Å². The quantitative estimate of drug-likeness (QED) is 0.710. The Morgan fingerprint density at radius 3 is 3.07 bits per heavy atom. The second-order valence-corrected chi connectivity index (χ2v) is 6.34. The van der Waals surface area contributed by atoms with Crippen molar-refractivity contribution in [3.8, 4) is 0 Å². The topological polar surface area (TPSA) is 37.3 Å². The van der Waals surface area contributed by atoms with E-state index in [0.717, 1.165) is 19.3 Å². The SMILES string of the molecule is O=C1CC[C@H]2C[C@@H]3[C@H]1CC[C@@]31C[C@@]21CO. The fourth-order valence-corrected chi connectivity index (χ4v) is 5.64. The molecule has 4 fully saturated rings. The third-order valence-electron chi connectivity index (χ3n) is 6.35. The van der Waals surface area contributed by atoms with Gasteiger partial charge in [0, 0.05) is 24.4 Å². The van der Waals surface area contributed by atoms with Gasteiger partial charge in [-0.05, 0) is 49.4 Å². The van der Waals surface area contributed by atoms with Crippen LogP contribution in [0, 0.1) is 28.6 Å². The van der Waals surface area contributed by atoms with Gasteiger partial charge >= 0.3 is 0 Å². The first-order chi connectivity index (χ1) is 7.23. The summed E-state index contributed by atoms with van der Waals surface area (Å²) in [4.78, 5) is 12.0. The second kappa shape index (κ2) is 2.32. The van der Waals surface area contributed by atoms with Gasteiger partial charge in [0.25, 0.3) is 0 Å². The molecule has 0 aromatic heterocycles. The smallest absolute Gasteiger partial charge is 0.136 e. The molecule has 1 N–H and O–H groups in total. The number of carbonyl (C=O) groups is 1. The minimum atomic E-state index is 0.271. The number of aliphatic hydroxyl groups is 1. The predicted molar refractivity (Wildman–Crippen MR) is 55.1 cm³/mol. The monoisotopic (exact) mass is 206 g/mol. The number of aliphatic hydroxyl groups excluding tert-OH is 1. The summed E-state index contributed by atoms with van der Waals surface area (Å²) in [6.45, 7) is 0.384. The normalized spacial score (nSPS) is 60.3. The lowest BCUT2D eigenvalue weighted by Crippen LogP contribution is -2.24. The number of Topliss-reactive ketones (excluding diaryl/α,β-unsaturated/α-hetero) is 1. The maximum atomic E-state index is 12.0. The zero-order valence-corrected chi connectivity index (χ0v) is 9.04. The van der Waals surface area contributed by atoms with Gasteiger partial charge in [-0.3, -0.25) is 4.79 Å². The van der Waals surface area contributed by atoms with Crippen LogP contribution in [0.25, 0.3) is 0 Å². The molecule has 0 radical (unpaired) electrons. The van der Waals surface area contributed by atoms with Crippen LogP contribution in [-0.4, -0.2) is 17.5 Å². The summed E-state index contributed by atoms with van der Waals surface area (Å²) < 4.78 is 0. The van der Waals surface area contributed by atoms with Crippen molar-refractivity contribution in [3.63, 3.8) is 0 Å². The van der Waals surface area contributed by atoms with Crippen molar-refractivity contribution >= 4 is 5.78 Å². The third-order valence-corrected chi connectivity index (χ3v) is 6.35.